The largest absolute Gasteiger partial charge is 0.353 e. The van der Waals surface area contributed by atoms with E-state index in [1.54, 1.807) is 0 Å². The first-order valence-electron chi connectivity index (χ1n) is 3.56. The Labute approximate surface area is 56.2 Å². The Hall–Kier alpha value is -0.0800. The van der Waals surface area contributed by atoms with Crippen LogP contribution in [0.4, 0.5) is 0 Å². The lowest BCUT2D eigenvalue weighted by atomic mass is 10.2. The van der Waals surface area contributed by atoms with Gasteiger partial charge in [-0.2, -0.15) is 0 Å². The second kappa shape index (κ2) is 3.18. The minimum Gasteiger partial charge on any atom is -0.353 e. The van der Waals surface area contributed by atoms with Crippen LogP contribution in [0.25, 0.3) is 0 Å². The van der Waals surface area contributed by atoms with E-state index in [1.165, 1.54) is 0 Å². The molecule has 0 aromatic heterocycles. The van der Waals surface area contributed by atoms with Crippen molar-refractivity contribution in [3.05, 3.63) is 0 Å². The zero-order valence-electron chi connectivity index (χ0n) is 6.09. The standard InChI is InChI=1S/C7H14O2/c1-6-4-3-5-8-7(2)9-6/h6-7H,3-5H2,1-2H3/t6-,7+/m0/s1. The van der Waals surface area contributed by atoms with Crippen molar-refractivity contribution in [1.29, 1.82) is 0 Å². The number of ether oxygens (including phenoxy) is 2. The quantitative estimate of drug-likeness (QED) is 0.495. The second-order valence-electron chi connectivity index (χ2n) is 2.53. The average molecular weight is 130 g/mol. The third-order valence-corrected chi connectivity index (χ3v) is 1.53. The second-order valence-corrected chi connectivity index (χ2v) is 2.53. The van der Waals surface area contributed by atoms with Gasteiger partial charge in [-0.1, -0.05) is 0 Å². The van der Waals surface area contributed by atoms with Crippen molar-refractivity contribution in [3.63, 3.8) is 0 Å². The molecule has 0 saturated carbocycles. The van der Waals surface area contributed by atoms with Gasteiger partial charge in [-0.25, -0.2) is 0 Å². The van der Waals surface area contributed by atoms with Crippen molar-refractivity contribution < 1.29 is 9.47 Å². The van der Waals surface area contributed by atoms with E-state index in [0.29, 0.717) is 6.10 Å². The van der Waals surface area contributed by atoms with Gasteiger partial charge < -0.3 is 9.47 Å². The fourth-order valence-electron chi connectivity index (χ4n) is 1.05. The van der Waals surface area contributed by atoms with Crippen LogP contribution in [0.3, 0.4) is 0 Å². The lowest BCUT2D eigenvalue weighted by molar-refractivity contribution is -0.137. The highest BCUT2D eigenvalue weighted by Gasteiger charge is 2.12. The molecule has 0 radical (unpaired) electrons. The molecule has 2 atom stereocenters. The van der Waals surface area contributed by atoms with Gasteiger partial charge >= 0.3 is 0 Å². The topological polar surface area (TPSA) is 18.5 Å². The van der Waals surface area contributed by atoms with E-state index in [4.69, 9.17) is 9.47 Å². The van der Waals surface area contributed by atoms with Crippen molar-refractivity contribution in [2.24, 2.45) is 0 Å². The molecule has 2 nitrogen and oxygen atoms in total. The van der Waals surface area contributed by atoms with Gasteiger partial charge in [-0.05, 0) is 26.7 Å². The monoisotopic (exact) mass is 130 g/mol. The van der Waals surface area contributed by atoms with Gasteiger partial charge in [-0.3, -0.25) is 0 Å². The van der Waals surface area contributed by atoms with Gasteiger partial charge in [0.25, 0.3) is 0 Å². The summed E-state index contributed by atoms with van der Waals surface area (Å²) in [4.78, 5) is 0. The van der Waals surface area contributed by atoms with Crippen LogP contribution < -0.4 is 0 Å². The van der Waals surface area contributed by atoms with Crippen LogP contribution in [-0.2, 0) is 9.47 Å². The molecule has 0 unspecified atom stereocenters. The maximum Gasteiger partial charge on any atom is 0.155 e. The Morgan fingerprint density at radius 2 is 2.11 bits per heavy atom. The molecule has 0 aliphatic carbocycles. The Bertz CT molecular complexity index is 73.0. The molecule has 1 rings (SSSR count). The van der Waals surface area contributed by atoms with E-state index >= 15 is 0 Å². The van der Waals surface area contributed by atoms with E-state index in [0.717, 1.165) is 19.4 Å². The van der Waals surface area contributed by atoms with Gasteiger partial charge in [0.2, 0.25) is 0 Å². The summed E-state index contributed by atoms with van der Waals surface area (Å²) in [5, 5.41) is 0. The Balaban J connectivity index is 2.29. The van der Waals surface area contributed by atoms with Crippen LogP contribution in [0.2, 0.25) is 0 Å². The van der Waals surface area contributed by atoms with E-state index < -0.39 is 0 Å². The van der Waals surface area contributed by atoms with Crippen LogP contribution in [-0.4, -0.2) is 19.0 Å². The molecule has 0 N–H and O–H groups in total. The first-order chi connectivity index (χ1) is 4.29. The minimum atomic E-state index is 0.00231. The number of hydrogen-bond acceptors (Lipinski definition) is 2. The minimum absolute atomic E-state index is 0.00231. The van der Waals surface area contributed by atoms with Gasteiger partial charge in [0, 0.05) is 6.61 Å². The van der Waals surface area contributed by atoms with Gasteiger partial charge in [0.15, 0.2) is 6.29 Å². The van der Waals surface area contributed by atoms with Crippen LogP contribution in [0.15, 0.2) is 0 Å². The van der Waals surface area contributed by atoms with Crippen molar-refractivity contribution in [3.8, 4) is 0 Å². The molecular weight excluding hydrogens is 116 g/mol. The number of rotatable bonds is 0. The van der Waals surface area contributed by atoms with Crippen LogP contribution in [0.5, 0.6) is 0 Å². The fraction of sp³-hybridized carbons (Fsp3) is 1.00. The summed E-state index contributed by atoms with van der Waals surface area (Å²) < 4.78 is 10.6. The highest BCUT2D eigenvalue weighted by atomic mass is 16.7. The normalized spacial score (nSPS) is 38.0. The first-order valence-corrected chi connectivity index (χ1v) is 3.56. The van der Waals surface area contributed by atoms with Crippen LogP contribution in [0.1, 0.15) is 26.7 Å². The summed E-state index contributed by atoms with van der Waals surface area (Å²) in [6.45, 7) is 4.89. The summed E-state index contributed by atoms with van der Waals surface area (Å²) in [6.07, 6.45) is 2.64. The van der Waals surface area contributed by atoms with Crippen LogP contribution >= 0.6 is 0 Å². The molecule has 1 aliphatic rings. The third-order valence-electron chi connectivity index (χ3n) is 1.53. The maximum absolute atomic E-state index is 5.39. The van der Waals surface area contributed by atoms with Gasteiger partial charge in [0.1, 0.15) is 0 Å². The molecule has 1 heterocycles. The zero-order valence-corrected chi connectivity index (χ0v) is 6.09. The Morgan fingerprint density at radius 3 is 2.89 bits per heavy atom. The predicted octanol–water partition coefficient (Wildman–Crippen LogP) is 1.55. The molecule has 2 heteroatoms. The van der Waals surface area contributed by atoms with E-state index in [9.17, 15) is 0 Å². The Kier molecular flexibility index (Phi) is 2.49. The number of hydrogen-bond donors (Lipinski definition) is 0. The molecule has 1 saturated heterocycles. The molecule has 0 spiro atoms. The Morgan fingerprint density at radius 1 is 1.33 bits per heavy atom. The zero-order chi connectivity index (χ0) is 6.69. The first kappa shape index (κ1) is 7.03. The summed E-state index contributed by atoms with van der Waals surface area (Å²) in [5.41, 5.74) is 0. The van der Waals surface area contributed by atoms with E-state index in [-0.39, 0.29) is 6.29 Å². The molecule has 1 aliphatic heterocycles. The summed E-state index contributed by atoms with van der Waals surface area (Å²) in [6, 6.07) is 0. The highest BCUT2D eigenvalue weighted by molar-refractivity contribution is 4.54. The molecule has 9 heavy (non-hydrogen) atoms. The van der Waals surface area contributed by atoms with Gasteiger partial charge in [0.05, 0.1) is 6.10 Å². The molecular formula is C7H14O2. The molecule has 0 bridgehead atoms. The highest BCUT2D eigenvalue weighted by Crippen LogP contribution is 2.11. The third kappa shape index (κ3) is 2.33. The van der Waals surface area contributed by atoms with E-state index in [1.807, 2.05) is 6.92 Å². The molecule has 0 aromatic carbocycles. The van der Waals surface area contributed by atoms with Crippen molar-refractivity contribution in [2.45, 2.75) is 39.1 Å². The average Bonchev–Trinajstić information content (AvgIpc) is 1.93. The smallest absolute Gasteiger partial charge is 0.155 e. The molecule has 0 amide bonds. The van der Waals surface area contributed by atoms with Crippen molar-refractivity contribution in [1.82, 2.24) is 0 Å². The molecule has 0 aromatic rings. The maximum atomic E-state index is 5.39. The van der Waals surface area contributed by atoms with E-state index in [2.05, 4.69) is 6.92 Å². The lowest BCUT2D eigenvalue weighted by Crippen LogP contribution is -2.15. The summed E-state index contributed by atoms with van der Waals surface area (Å²) in [5.74, 6) is 0. The van der Waals surface area contributed by atoms with Crippen LogP contribution in [0, 0.1) is 0 Å². The summed E-state index contributed by atoms with van der Waals surface area (Å²) in [7, 11) is 0. The molecule has 1 fully saturated rings. The fourth-order valence-corrected chi connectivity index (χ4v) is 1.05. The SMILES string of the molecule is C[C@@H]1OCCC[C@H](C)O1. The lowest BCUT2D eigenvalue weighted by Gasteiger charge is -2.12. The van der Waals surface area contributed by atoms with Crippen molar-refractivity contribution in [2.75, 3.05) is 6.61 Å². The molecule has 54 valence electrons. The van der Waals surface area contributed by atoms with Crippen molar-refractivity contribution >= 4 is 0 Å². The van der Waals surface area contributed by atoms with Gasteiger partial charge in [-0.15, -0.1) is 0 Å². The summed E-state index contributed by atoms with van der Waals surface area (Å²) >= 11 is 0. The predicted molar refractivity (Wildman–Crippen MR) is 35.2 cm³/mol.